The zero-order chi connectivity index (χ0) is 12.7. The number of nitrogens with zero attached hydrogens (tertiary/aromatic N) is 3. The van der Waals surface area contributed by atoms with E-state index >= 15 is 0 Å². The lowest BCUT2D eigenvalue weighted by atomic mass is 10.1. The number of carbonyl (C=O) groups is 1. The highest BCUT2D eigenvalue weighted by atomic mass is 35.5. The van der Waals surface area contributed by atoms with Gasteiger partial charge in [0.05, 0.1) is 0 Å². The monoisotopic (exact) mass is 254 g/mol. The normalized spacial score (nSPS) is 11.6. The number of benzene rings is 1. The van der Waals surface area contributed by atoms with Crippen molar-refractivity contribution in [1.82, 2.24) is 5.32 Å². The van der Waals surface area contributed by atoms with Gasteiger partial charge in [-0.2, -0.15) is 0 Å². The van der Waals surface area contributed by atoms with Gasteiger partial charge in [-0.1, -0.05) is 28.8 Å². The number of nitrogens with one attached hydrogen (secondary N) is 1. The summed E-state index contributed by atoms with van der Waals surface area (Å²) in [6, 6.07) is 5.70. The van der Waals surface area contributed by atoms with Gasteiger partial charge in [-0.25, -0.2) is 0 Å². The predicted molar refractivity (Wildman–Crippen MR) is 63.8 cm³/mol. The van der Waals surface area contributed by atoms with Gasteiger partial charge >= 0.3 is 5.97 Å². The number of halogens is 1. The third-order valence-corrected chi connectivity index (χ3v) is 2.33. The maximum absolute atomic E-state index is 11.0. The first-order valence-corrected chi connectivity index (χ1v) is 5.25. The molecule has 0 aliphatic carbocycles. The standard InChI is InChI=1S/C10H11ClN4O2/c11-8-3-1-7(2-4-8)9(10(16)17)13-5-6-14-15-12/h1-4,9,13H,5-6H2,(H,16,17). The van der Waals surface area contributed by atoms with E-state index in [4.69, 9.17) is 22.2 Å². The van der Waals surface area contributed by atoms with Crippen LogP contribution in [0.25, 0.3) is 10.4 Å². The van der Waals surface area contributed by atoms with Gasteiger partial charge in [0.2, 0.25) is 0 Å². The first-order valence-electron chi connectivity index (χ1n) is 4.87. The first-order chi connectivity index (χ1) is 8.15. The minimum absolute atomic E-state index is 0.202. The molecule has 0 amide bonds. The molecule has 17 heavy (non-hydrogen) atoms. The quantitative estimate of drug-likeness (QED) is 0.353. The summed E-state index contributed by atoms with van der Waals surface area (Å²) >= 11 is 5.72. The van der Waals surface area contributed by atoms with Crippen LogP contribution in [0.15, 0.2) is 29.4 Å². The zero-order valence-electron chi connectivity index (χ0n) is 8.88. The summed E-state index contributed by atoms with van der Waals surface area (Å²) in [6.07, 6.45) is 0. The van der Waals surface area contributed by atoms with Gasteiger partial charge in [-0.15, -0.1) is 0 Å². The van der Waals surface area contributed by atoms with E-state index in [0.717, 1.165) is 0 Å². The number of aliphatic carboxylic acids is 1. The summed E-state index contributed by atoms with van der Waals surface area (Å²) in [6.45, 7) is 0.498. The number of hydrogen-bond donors (Lipinski definition) is 2. The molecule has 1 aromatic carbocycles. The van der Waals surface area contributed by atoms with Crippen LogP contribution in [-0.4, -0.2) is 24.2 Å². The molecule has 0 heterocycles. The van der Waals surface area contributed by atoms with Crippen molar-refractivity contribution in [1.29, 1.82) is 0 Å². The van der Waals surface area contributed by atoms with Gasteiger partial charge in [-0.3, -0.25) is 4.79 Å². The van der Waals surface area contributed by atoms with E-state index in [1.54, 1.807) is 24.3 Å². The second-order valence-electron chi connectivity index (χ2n) is 3.23. The molecule has 1 aromatic rings. The number of hydrogen-bond acceptors (Lipinski definition) is 3. The molecule has 0 saturated heterocycles. The summed E-state index contributed by atoms with van der Waals surface area (Å²) in [5.74, 6) is -0.992. The van der Waals surface area contributed by atoms with Crippen LogP contribution in [0.5, 0.6) is 0 Å². The molecular weight excluding hydrogens is 244 g/mol. The van der Waals surface area contributed by atoms with E-state index in [1.807, 2.05) is 0 Å². The molecule has 0 fully saturated rings. The van der Waals surface area contributed by atoms with Crippen LogP contribution in [0.4, 0.5) is 0 Å². The highest BCUT2D eigenvalue weighted by Gasteiger charge is 2.18. The minimum atomic E-state index is -0.992. The Balaban J connectivity index is 2.68. The van der Waals surface area contributed by atoms with Crippen LogP contribution in [-0.2, 0) is 4.79 Å². The second kappa shape index (κ2) is 6.75. The highest BCUT2D eigenvalue weighted by Crippen LogP contribution is 2.16. The fourth-order valence-electron chi connectivity index (χ4n) is 1.31. The highest BCUT2D eigenvalue weighted by molar-refractivity contribution is 6.30. The van der Waals surface area contributed by atoms with Gasteiger partial charge in [0.1, 0.15) is 6.04 Å². The topological polar surface area (TPSA) is 98.1 Å². The lowest BCUT2D eigenvalue weighted by Crippen LogP contribution is -2.30. The Kier molecular flexibility index (Phi) is 5.29. The Bertz CT molecular complexity index is 428. The zero-order valence-corrected chi connectivity index (χ0v) is 9.63. The molecule has 0 bridgehead atoms. The Morgan fingerprint density at radius 2 is 2.18 bits per heavy atom. The molecule has 1 unspecified atom stereocenters. The minimum Gasteiger partial charge on any atom is -0.480 e. The average molecular weight is 255 g/mol. The molecular formula is C10H11ClN4O2. The van der Waals surface area contributed by atoms with Gasteiger partial charge < -0.3 is 10.4 Å². The SMILES string of the molecule is [N-]=[N+]=NCCNC(C(=O)O)c1ccc(Cl)cc1. The number of rotatable bonds is 6. The molecule has 6 nitrogen and oxygen atoms in total. The molecule has 90 valence electrons. The van der Waals surface area contributed by atoms with E-state index in [2.05, 4.69) is 15.3 Å². The predicted octanol–water partition coefficient (Wildman–Crippen LogP) is 2.37. The molecule has 7 heteroatoms. The molecule has 0 aliphatic rings. The van der Waals surface area contributed by atoms with E-state index < -0.39 is 12.0 Å². The smallest absolute Gasteiger partial charge is 0.325 e. The Morgan fingerprint density at radius 1 is 1.53 bits per heavy atom. The van der Waals surface area contributed by atoms with E-state index in [0.29, 0.717) is 17.1 Å². The van der Waals surface area contributed by atoms with Crippen LogP contribution >= 0.6 is 11.6 Å². The lowest BCUT2D eigenvalue weighted by Gasteiger charge is -2.13. The first kappa shape index (κ1) is 13.3. The number of carboxylic acids is 1. The Hall–Kier alpha value is -1.75. The average Bonchev–Trinajstić information content (AvgIpc) is 2.30. The Morgan fingerprint density at radius 3 is 2.71 bits per heavy atom. The second-order valence-corrected chi connectivity index (χ2v) is 3.67. The van der Waals surface area contributed by atoms with Gasteiger partial charge in [0.15, 0.2) is 0 Å². The summed E-state index contributed by atoms with van der Waals surface area (Å²) < 4.78 is 0. The fraction of sp³-hybridized carbons (Fsp3) is 0.300. The van der Waals surface area contributed by atoms with Crippen LogP contribution in [0, 0.1) is 0 Å². The van der Waals surface area contributed by atoms with Crippen molar-refractivity contribution in [3.8, 4) is 0 Å². The van der Waals surface area contributed by atoms with Crippen molar-refractivity contribution in [2.75, 3.05) is 13.1 Å². The third kappa shape index (κ3) is 4.32. The molecule has 0 aromatic heterocycles. The van der Waals surface area contributed by atoms with Gasteiger partial charge in [0, 0.05) is 23.0 Å². The molecule has 1 atom stereocenters. The summed E-state index contributed by atoms with van der Waals surface area (Å²) in [5.41, 5.74) is 8.69. The number of carboxylic acid groups (broad SMARTS) is 1. The lowest BCUT2D eigenvalue weighted by molar-refractivity contribution is -0.139. The van der Waals surface area contributed by atoms with Crippen LogP contribution in [0.2, 0.25) is 5.02 Å². The van der Waals surface area contributed by atoms with Crippen molar-refractivity contribution in [3.63, 3.8) is 0 Å². The maximum Gasteiger partial charge on any atom is 0.325 e. The molecule has 1 rings (SSSR count). The van der Waals surface area contributed by atoms with Crippen molar-refractivity contribution >= 4 is 17.6 Å². The molecule has 0 radical (unpaired) electrons. The number of azide groups is 1. The molecule has 0 aliphatic heterocycles. The summed E-state index contributed by atoms with van der Waals surface area (Å²) in [5, 5.41) is 15.7. The van der Waals surface area contributed by atoms with Crippen LogP contribution in [0.3, 0.4) is 0 Å². The van der Waals surface area contributed by atoms with Crippen molar-refractivity contribution < 1.29 is 9.90 Å². The van der Waals surface area contributed by atoms with Crippen molar-refractivity contribution in [2.24, 2.45) is 5.11 Å². The fourth-order valence-corrected chi connectivity index (χ4v) is 1.43. The van der Waals surface area contributed by atoms with Gasteiger partial charge in [-0.05, 0) is 23.2 Å². The van der Waals surface area contributed by atoms with E-state index in [9.17, 15) is 4.79 Å². The van der Waals surface area contributed by atoms with Crippen molar-refractivity contribution in [2.45, 2.75) is 6.04 Å². The largest absolute Gasteiger partial charge is 0.480 e. The van der Waals surface area contributed by atoms with Crippen LogP contribution in [0.1, 0.15) is 11.6 Å². The van der Waals surface area contributed by atoms with Crippen molar-refractivity contribution in [3.05, 3.63) is 45.3 Å². The van der Waals surface area contributed by atoms with E-state index in [-0.39, 0.29) is 6.54 Å². The third-order valence-electron chi connectivity index (χ3n) is 2.07. The molecule has 2 N–H and O–H groups in total. The summed E-state index contributed by atoms with van der Waals surface area (Å²) in [4.78, 5) is 13.6. The molecule has 0 spiro atoms. The van der Waals surface area contributed by atoms with Gasteiger partial charge in [0.25, 0.3) is 0 Å². The van der Waals surface area contributed by atoms with Crippen LogP contribution < -0.4 is 5.32 Å². The van der Waals surface area contributed by atoms with E-state index in [1.165, 1.54) is 0 Å². The Labute approximate surface area is 103 Å². The maximum atomic E-state index is 11.0. The summed E-state index contributed by atoms with van der Waals surface area (Å²) in [7, 11) is 0. The molecule has 0 saturated carbocycles.